The van der Waals surface area contributed by atoms with Gasteiger partial charge in [0.1, 0.15) is 5.69 Å². The molecule has 2 N–H and O–H groups in total. The molecule has 31 heavy (non-hydrogen) atoms. The van der Waals surface area contributed by atoms with Crippen LogP contribution in [0, 0.1) is 6.92 Å². The van der Waals surface area contributed by atoms with Gasteiger partial charge in [-0.1, -0.05) is 23.7 Å². The zero-order valence-electron chi connectivity index (χ0n) is 16.9. The number of aromatic nitrogens is 1. The van der Waals surface area contributed by atoms with Crippen LogP contribution in [0.3, 0.4) is 0 Å². The molecule has 0 radical (unpaired) electrons. The molecule has 3 rings (SSSR count). The molecule has 0 saturated carbocycles. The number of carbonyl (C=O) groups is 3. The lowest BCUT2D eigenvalue weighted by Crippen LogP contribution is -2.18. The number of nitrogens with one attached hydrogen (secondary N) is 2. The van der Waals surface area contributed by atoms with E-state index in [0.717, 1.165) is 0 Å². The van der Waals surface area contributed by atoms with E-state index in [0.29, 0.717) is 33.2 Å². The molecule has 0 saturated heterocycles. The van der Waals surface area contributed by atoms with Crippen molar-refractivity contribution in [2.24, 2.45) is 0 Å². The summed E-state index contributed by atoms with van der Waals surface area (Å²) in [6, 6.07) is 16.2. The van der Waals surface area contributed by atoms with Gasteiger partial charge in [-0.15, -0.1) is 0 Å². The number of ether oxygens (including phenoxy) is 1. The van der Waals surface area contributed by atoms with Gasteiger partial charge < -0.3 is 15.4 Å². The second kappa shape index (κ2) is 9.86. The molecular formula is C23H20ClN3O4. The monoisotopic (exact) mass is 437 g/mol. The number of pyridine rings is 1. The van der Waals surface area contributed by atoms with Crippen molar-refractivity contribution in [2.75, 3.05) is 17.2 Å². The minimum absolute atomic E-state index is 0.129. The maximum absolute atomic E-state index is 12.7. The summed E-state index contributed by atoms with van der Waals surface area (Å²) in [4.78, 5) is 41.3. The maximum atomic E-state index is 12.7. The lowest BCUT2D eigenvalue weighted by molar-refractivity contribution is 0.0524. The largest absolute Gasteiger partial charge is 0.462 e. The van der Waals surface area contributed by atoms with Crippen molar-refractivity contribution in [1.82, 2.24) is 4.98 Å². The van der Waals surface area contributed by atoms with E-state index in [9.17, 15) is 14.4 Å². The van der Waals surface area contributed by atoms with Crippen LogP contribution in [0.5, 0.6) is 0 Å². The van der Waals surface area contributed by atoms with E-state index in [2.05, 4.69) is 15.6 Å². The first-order valence-corrected chi connectivity index (χ1v) is 9.89. The molecule has 0 aliphatic carbocycles. The third-order valence-corrected chi connectivity index (χ3v) is 4.60. The van der Waals surface area contributed by atoms with Crippen LogP contribution >= 0.6 is 11.6 Å². The van der Waals surface area contributed by atoms with Crippen LogP contribution in [-0.2, 0) is 4.74 Å². The van der Waals surface area contributed by atoms with E-state index < -0.39 is 11.9 Å². The smallest absolute Gasteiger partial charge is 0.339 e. The van der Waals surface area contributed by atoms with Crippen LogP contribution < -0.4 is 10.6 Å². The maximum Gasteiger partial charge on any atom is 0.339 e. The highest BCUT2D eigenvalue weighted by molar-refractivity contribution is 6.30. The summed E-state index contributed by atoms with van der Waals surface area (Å²) in [7, 11) is 0. The Labute approximate surface area is 184 Å². The number of halogens is 1. The fraction of sp³-hybridized carbons (Fsp3) is 0.130. The van der Waals surface area contributed by atoms with E-state index in [1.165, 1.54) is 12.1 Å². The molecule has 0 fully saturated rings. The van der Waals surface area contributed by atoms with Gasteiger partial charge in [0.2, 0.25) is 0 Å². The van der Waals surface area contributed by atoms with E-state index in [-0.39, 0.29) is 18.2 Å². The number of carbonyl (C=O) groups excluding carboxylic acids is 3. The molecule has 0 unspecified atom stereocenters. The van der Waals surface area contributed by atoms with E-state index in [1.54, 1.807) is 62.4 Å². The molecule has 1 aromatic heterocycles. The SMILES string of the molecule is CCOC(=O)c1ccc(C(=O)Nc2ccccc2NC(=O)c2ccc(Cl)cc2)nc1C. The molecule has 0 aliphatic rings. The van der Waals surface area contributed by atoms with Crippen molar-refractivity contribution < 1.29 is 19.1 Å². The number of anilines is 2. The number of nitrogens with zero attached hydrogens (tertiary/aromatic N) is 1. The van der Waals surface area contributed by atoms with Gasteiger partial charge in [0.15, 0.2) is 0 Å². The van der Waals surface area contributed by atoms with Crippen LogP contribution in [0.25, 0.3) is 0 Å². The second-order valence-electron chi connectivity index (χ2n) is 6.51. The Balaban J connectivity index is 1.76. The highest BCUT2D eigenvalue weighted by Gasteiger charge is 2.16. The Kier molecular flexibility index (Phi) is 6.99. The lowest BCUT2D eigenvalue weighted by atomic mass is 10.1. The summed E-state index contributed by atoms with van der Waals surface area (Å²) in [5, 5.41) is 6.04. The molecule has 0 atom stereocenters. The van der Waals surface area contributed by atoms with Gasteiger partial charge in [-0.05, 0) is 62.4 Å². The number of amides is 2. The van der Waals surface area contributed by atoms with Crippen LogP contribution in [0.2, 0.25) is 5.02 Å². The molecule has 2 amide bonds. The predicted octanol–water partition coefficient (Wildman–Crippen LogP) is 4.72. The Morgan fingerprint density at radius 1 is 0.903 bits per heavy atom. The number of hydrogen-bond donors (Lipinski definition) is 2. The zero-order chi connectivity index (χ0) is 22.4. The molecule has 8 heteroatoms. The molecule has 2 aromatic carbocycles. The molecule has 7 nitrogen and oxygen atoms in total. The number of benzene rings is 2. The lowest BCUT2D eigenvalue weighted by Gasteiger charge is -2.13. The summed E-state index contributed by atoms with van der Waals surface area (Å²) < 4.78 is 4.97. The Hall–Kier alpha value is -3.71. The third kappa shape index (κ3) is 5.46. The highest BCUT2D eigenvalue weighted by atomic mass is 35.5. The second-order valence-corrected chi connectivity index (χ2v) is 6.95. The van der Waals surface area contributed by atoms with Crippen LogP contribution in [0.1, 0.15) is 43.8 Å². The van der Waals surface area contributed by atoms with Crippen molar-refractivity contribution in [1.29, 1.82) is 0 Å². The number of aryl methyl sites for hydroxylation is 1. The van der Waals surface area contributed by atoms with Gasteiger partial charge in [-0.25, -0.2) is 9.78 Å². The van der Waals surface area contributed by atoms with Crippen molar-refractivity contribution in [3.05, 3.63) is 88.2 Å². The molecule has 1 heterocycles. The van der Waals surface area contributed by atoms with Gasteiger partial charge in [-0.3, -0.25) is 9.59 Å². The van der Waals surface area contributed by atoms with E-state index >= 15 is 0 Å². The molecule has 0 bridgehead atoms. The third-order valence-electron chi connectivity index (χ3n) is 4.34. The van der Waals surface area contributed by atoms with Gasteiger partial charge >= 0.3 is 5.97 Å². The van der Waals surface area contributed by atoms with Crippen molar-refractivity contribution >= 4 is 40.8 Å². The first-order valence-electron chi connectivity index (χ1n) is 9.51. The highest BCUT2D eigenvalue weighted by Crippen LogP contribution is 2.23. The van der Waals surface area contributed by atoms with Crippen LogP contribution in [0.15, 0.2) is 60.7 Å². The van der Waals surface area contributed by atoms with Gasteiger partial charge in [0, 0.05) is 10.6 Å². The summed E-state index contributed by atoms with van der Waals surface area (Å²) in [6.45, 7) is 3.59. The van der Waals surface area contributed by atoms with Crippen molar-refractivity contribution in [2.45, 2.75) is 13.8 Å². The van der Waals surface area contributed by atoms with Gasteiger partial charge in [0.25, 0.3) is 11.8 Å². The van der Waals surface area contributed by atoms with E-state index in [1.807, 2.05) is 0 Å². The summed E-state index contributed by atoms with van der Waals surface area (Å²) in [5.41, 5.74) is 2.07. The number of rotatable bonds is 6. The van der Waals surface area contributed by atoms with Crippen molar-refractivity contribution in [3.63, 3.8) is 0 Å². The molecular weight excluding hydrogens is 418 g/mol. The minimum Gasteiger partial charge on any atom is -0.462 e. The Bertz CT molecular complexity index is 1130. The quantitative estimate of drug-likeness (QED) is 0.543. The Morgan fingerprint density at radius 3 is 2.10 bits per heavy atom. The molecule has 0 spiro atoms. The van der Waals surface area contributed by atoms with Crippen LogP contribution in [0.4, 0.5) is 11.4 Å². The molecule has 0 aliphatic heterocycles. The fourth-order valence-corrected chi connectivity index (χ4v) is 2.92. The number of esters is 1. The summed E-state index contributed by atoms with van der Waals surface area (Å²) in [5.74, 6) is -1.31. The van der Waals surface area contributed by atoms with E-state index in [4.69, 9.17) is 16.3 Å². The average Bonchev–Trinajstić information content (AvgIpc) is 2.75. The van der Waals surface area contributed by atoms with Gasteiger partial charge in [-0.2, -0.15) is 0 Å². The average molecular weight is 438 g/mol. The topological polar surface area (TPSA) is 97.4 Å². The normalized spacial score (nSPS) is 10.3. The standard InChI is InChI=1S/C23H20ClN3O4/c1-3-31-23(30)17-12-13-20(25-14(17)2)22(29)27-19-7-5-4-6-18(19)26-21(28)15-8-10-16(24)11-9-15/h4-13H,3H2,1-2H3,(H,26,28)(H,27,29). The number of hydrogen-bond acceptors (Lipinski definition) is 5. The summed E-state index contributed by atoms with van der Waals surface area (Å²) >= 11 is 5.86. The molecule has 3 aromatic rings. The first-order chi connectivity index (χ1) is 14.9. The predicted molar refractivity (Wildman–Crippen MR) is 119 cm³/mol. The minimum atomic E-state index is -0.491. The number of para-hydroxylation sites is 2. The fourth-order valence-electron chi connectivity index (χ4n) is 2.80. The first kappa shape index (κ1) is 22.0. The molecule has 158 valence electrons. The van der Waals surface area contributed by atoms with Crippen molar-refractivity contribution in [3.8, 4) is 0 Å². The summed E-state index contributed by atoms with van der Waals surface area (Å²) in [6.07, 6.45) is 0. The van der Waals surface area contributed by atoms with Crippen LogP contribution in [-0.4, -0.2) is 29.4 Å². The van der Waals surface area contributed by atoms with Gasteiger partial charge in [0.05, 0.1) is 29.2 Å². The Morgan fingerprint density at radius 2 is 1.52 bits per heavy atom. The zero-order valence-corrected chi connectivity index (χ0v) is 17.7.